The molecular formula is C27H28N6O3. The van der Waals surface area contributed by atoms with E-state index in [-0.39, 0.29) is 11.5 Å². The number of methoxy groups -OCH3 is 1. The van der Waals surface area contributed by atoms with Crippen molar-refractivity contribution in [3.63, 3.8) is 0 Å². The molecule has 9 nitrogen and oxygen atoms in total. The molecule has 2 aliphatic rings. The van der Waals surface area contributed by atoms with Crippen molar-refractivity contribution < 1.29 is 9.53 Å². The molecule has 0 aliphatic carbocycles. The van der Waals surface area contributed by atoms with Gasteiger partial charge in [-0.25, -0.2) is 4.98 Å². The molecule has 9 heteroatoms. The molecule has 0 spiro atoms. The molecule has 0 N–H and O–H groups in total. The van der Waals surface area contributed by atoms with Gasteiger partial charge in [0.1, 0.15) is 17.1 Å². The molecule has 0 radical (unpaired) electrons. The average Bonchev–Trinajstić information content (AvgIpc) is 3.33. The fraction of sp³-hybridized carbons (Fsp3) is 0.370. The van der Waals surface area contributed by atoms with E-state index < -0.39 is 0 Å². The number of aromatic nitrogens is 5. The second kappa shape index (κ2) is 8.58. The first kappa shape index (κ1) is 22.5. The zero-order valence-electron chi connectivity index (χ0n) is 20.7. The van der Waals surface area contributed by atoms with Crippen molar-refractivity contribution in [3.05, 3.63) is 69.3 Å². The predicted molar refractivity (Wildman–Crippen MR) is 135 cm³/mol. The Labute approximate surface area is 208 Å². The smallest absolute Gasteiger partial charge is 0.292 e. The minimum atomic E-state index is -0.105. The van der Waals surface area contributed by atoms with Gasteiger partial charge in [-0.3, -0.25) is 9.59 Å². The summed E-state index contributed by atoms with van der Waals surface area (Å²) < 4.78 is 9.22. The van der Waals surface area contributed by atoms with Crippen LogP contribution in [-0.4, -0.2) is 48.8 Å². The van der Waals surface area contributed by atoms with Gasteiger partial charge in [-0.05, 0) is 55.2 Å². The van der Waals surface area contributed by atoms with Crippen molar-refractivity contribution in [2.45, 2.75) is 45.7 Å². The minimum absolute atomic E-state index is 0.0629. The summed E-state index contributed by atoms with van der Waals surface area (Å²) in [6, 6.07) is 9.63. The number of amides is 1. The van der Waals surface area contributed by atoms with Gasteiger partial charge in [0.25, 0.3) is 11.5 Å². The van der Waals surface area contributed by atoms with E-state index in [1.54, 1.807) is 11.7 Å². The zero-order chi connectivity index (χ0) is 25.0. The monoisotopic (exact) mass is 484 g/mol. The van der Waals surface area contributed by atoms with Crippen LogP contribution in [0.1, 0.15) is 46.2 Å². The lowest BCUT2D eigenvalue weighted by Crippen LogP contribution is -2.40. The Balaban J connectivity index is 1.41. The minimum Gasteiger partial charge on any atom is -0.494 e. The molecule has 0 saturated heterocycles. The van der Waals surface area contributed by atoms with Gasteiger partial charge in [0, 0.05) is 61.9 Å². The van der Waals surface area contributed by atoms with Crippen LogP contribution in [0.4, 0.5) is 0 Å². The van der Waals surface area contributed by atoms with Crippen LogP contribution in [0.3, 0.4) is 0 Å². The molecule has 1 aromatic carbocycles. The fourth-order valence-electron chi connectivity index (χ4n) is 5.49. The Morgan fingerprint density at radius 2 is 1.89 bits per heavy atom. The average molecular weight is 485 g/mol. The Bertz CT molecular complexity index is 1580. The fourth-order valence-corrected chi connectivity index (χ4v) is 5.49. The van der Waals surface area contributed by atoms with Gasteiger partial charge >= 0.3 is 0 Å². The summed E-state index contributed by atoms with van der Waals surface area (Å²) in [6.07, 6.45) is 3.58. The quantitative estimate of drug-likeness (QED) is 0.444. The van der Waals surface area contributed by atoms with E-state index in [4.69, 9.17) is 4.74 Å². The van der Waals surface area contributed by atoms with Crippen LogP contribution in [0.25, 0.3) is 22.0 Å². The maximum Gasteiger partial charge on any atom is 0.292 e. The molecule has 1 amide bonds. The van der Waals surface area contributed by atoms with Crippen LogP contribution in [0.2, 0.25) is 0 Å². The van der Waals surface area contributed by atoms with Crippen LogP contribution in [0, 0.1) is 6.92 Å². The molecule has 5 heterocycles. The zero-order valence-corrected chi connectivity index (χ0v) is 20.7. The summed E-state index contributed by atoms with van der Waals surface area (Å²) >= 11 is 0. The molecule has 3 aromatic heterocycles. The van der Waals surface area contributed by atoms with Crippen molar-refractivity contribution in [3.8, 4) is 16.9 Å². The van der Waals surface area contributed by atoms with Crippen molar-refractivity contribution in [1.29, 1.82) is 0 Å². The lowest BCUT2D eigenvalue weighted by atomic mass is 9.96. The van der Waals surface area contributed by atoms with E-state index in [0.29, 0.717) is 36.6 Å². The molecule has 2 aliphatic heterocycles. The highest BCUT2D eigenvalue weighted by atomic mass is 16.5. The first-order chi connectivity index (χ1) is 17.5. The number of ether oxygens (including phenoxy) is 1. The number of fused-ring (bicyclic) bond motifs is 3. The molecule has 36 heavy (non-hydrogen) atoms. The summed E-state index contributed by atoms with van der Waals surface area (Å²) in [6.45, 7) is 3.67. The lowest BCUT2D eigenvalue weighted by Gasteiger charge is -2.30. The first-order valence-electron chi connectivity index (χ1n) is 12.3. The summed E-state index contributed by atoms with van der Waals surface area (Å²) in [5.41, 5.74) is 4.86. The standard InChI is InChI=1S/C27H28N6O3/c1-16-7-8-19-18(9-10-22(36-3)24(19)28-16)20-14-17-15-32(13-11-21(17)31(2)26(20)34)27(35)25-30-29-23-6-4-5-12-33(23)25/h7-10,14H,4-6,11-13,15H2,1-3H3. The van der Waals surface area contributed by atoms with Crippen molar-refractivity contribution in [1.82, 2.24) is 29.2 Å². The number of aryl methyl sites for hydroxylation is 2. The van der Waals surface area contributed by atoms with Gasteiger partial charge in [0.2, 0.25) is 5.82 Å². The second-order valence-electron chi connectivity index (χ2n) is 9.58. The summed E-state index contributed by atoms with van der Waals surface area (Å²) in [4.78, 5) is 33.4. The van der Waals surface area contributed by atoms with Crippen molar-refractivity contribution in [2.24, 2.45) is 7.05 Å². The van der Waals surface area contributed by atoms with Gasteiger partial charge in [0.05, 0.1) is 7.11 Å². The first-order valence-corrected chi connectivity index (χ1v) is 12.3. The topological polar surface area (TPSA) is 95.1 Å². The highest BCUT2D eigenvalue weighted by molar-refractivity contribution is 5.98. The van der Waals surface area contributed by atoms with Gasteiger partial charge in [-0.15, -0.1) is 10.2 Å². The highest BCUT2D eigenvalue weighted by Crippen LogP contribution is 2.33. The summed E-state index contributed by atoms with van der Waals surface area (Å²) in [7, 11) is 3.43. The van der Waals surface area contributed by atoms with Gasteiger partial charge in [-0.1, -0.05) is 6.07 Å². The van der Waals surface area contributed by atoms with Crippen LogP contribution >= 0.6 is 0 Å². The number of nitrogens with zero attached hydrogens (tertiary/aromatic N) is 6. The Kier molecular flexibility index (Phi) is 5.35. The van der Waals surface area contributed by atoms with Crippen LogP contribution in [0.15, 0.2) is 35.1 Å². The van der Waals surface area contributed by atoms with E-state index in [0.717, 1.165) is 65.0 Å². The number of hydrogen-bond donors (Lipinski definition) is 0. The predicted octanol–water partition coefficient (Wildman–Crippen LogP) is 3.04. The van der Waals surface area contributed by atoms with E-state index in [1.807, 2.05) is 53.8 Å². The maximum absolute atomic E-state index is 13.5. The molecule has 6 rings (SSSR count). The molecule has 0 unspecified atom stereocenters. The number of hydrogen-bond acceptors (Lipinski definition) is 6. The van der Waals surface area contributed by atoms with Crippen molar-refractivity contribution in [2.75, 3.05) is 13.7 Å². The molecule has 4 aromatic rings. The van der Waals surface area contributed by atoms with Crippen molar-refractivity contribution >= 4 is 16.8 Å². The SMILES string of the molecule is COc1ccc(-c2cc3c(n(C)c2=O)CCN(C(=O)c2nnc4n2CCCC4)C3)c2ccc(C)nc12. The molecule has 0 atom stereocenters. The Morgan fingerprint density at radius 3 is 2.72 bits per heavy atom. The molecule has 0 bridgehead atoms. The Hall–Kier alpha value is -4.01. The molecule has 0 fully saturated rings. The van der Waals surface area contributed by atoms with Gasteiger partial charge in [-0.2, -0.15) is 0 Å². The third kappa shape index (κ3) is 3.49. The normalized spacial score (nSPS) is 15.0. The highest BCUT2D eigenvalue weighted by Gasteiger charge is 2.29. The van der Waals surface area contributed by atoms with Crippen LogP contribution in [-0.2, 0) is 33.0 Å². The number of carbonyl (C=O) groups is 1. The molecule has 184 valence electrons. The van der Waals surface area contributed by atoms with E-state index >= 15 is 0 Å². The van der Waals surface area contributed by atoms with Crippen LogP contribution in [0.5, 0.6) is 5.75 Å². The van der Waals surface area contributed by atoms with E-state index in [9.17, 15) is 9.59 Å². The summed E-state index contributed by atoms with van der Waals surface area (Å²) in [5.74, 6) is 1.87. The number of pyridine rings is 2. The summed E-state index contributed by atoms with van der Waals surface area (Å²) in [5, 5.41) is 9.34. The number of carbonyl (C=O) groups excluding carboxylic acids is 1. The van der Waals surface area contributed by atoms with Gasteiger partial charge < -0.3 is 18.8 Å². The largest absolute Gasteiger partial charge is 0.494 e. The number of rotatable bonds is 3. The maximum atomic E-state index is 13.5. The third-order valence-electron chi connectivity index (χ3n) is 7.42. The molecule has 0 saturated carbocycles. The van der Waals surface area contributed by atoms with E-state index in [1.165, 1.54) is 0 Å². The number of benzene rings is 1. The molecular weight excluding hydrogens is 456 g/mol. The van der Waals surface area contributed by atoms with Crippen LogP contribution < -0.4 is 10.3 Å². The van der Waals surface area contributed by atoms with Gasteiger partial charge in [0.15, 0.2) is 0 Å². The lowest BCUT2D eigenvalue weighted by molar-refractivity contribution is 0.0713. The third-order valence-corrected chi connectivity index (χ3v) is 7.42. The Morgan fingerprint density at radius 1 is 1.03 bits per heavy atom. The second-order valence-corrected chi connectivity index (χ2v) is 9.58. The van der Waals surface area contributed by atoms with E-state index in [2.05, 4.69) is 15.2 Å².